The van der Waals surface area contributed by atoms with Crippen molar-refractivity contribution in [3.8, 4) is 22.6 Å². The highest BCUT2D eigenvalue weighted by Gasteiger charge is 2.20. The Morgan fingerprint density at radius 3 is 2.53 bits per heavy atom. The summed E-state index contributed by atoms with van der Waals surface area (Å²) in [7, 11) is 0. The number of benzene rings is 2. The summed E-state index contributed by atoms with van der Waals surface area (Å²) in [5, 5.41) is 15.0. The van der Waals surface area contributed by atoms with E-state index in [4.69, 9.17) is 4.74 Å². The quantitative estimate of drug-likeness (QED) is 0.389. The predicted molar refractivity (Wildman–Crippen MR) is 133 cm³/mol. The van der Waals surface area contributed by atoms with Gasteiger partial charge in [0.2, 0.25) is 0 Å². The molecule has 0 aliphatic carbocycles. The zero-order valence-corrected chi connectivity index (χ0v) is 20.3. The summed E-state index contributed by atoms with van der Waals surface area (Å²) in [5.74, 6) is -1.57. The van der Waals surface area contributed by atoms with Crippen LogP contribution >= 0.6 is 0 Å². The van der Waals surface area contributed by atoms with E-state index in [1.807, 2.05) is 57.2 Å². The summed E-state index contributed by atoms with van der Waals surface area (Å²) in [5.41, 5.74) is 4.88. The molecular weight excluding hydrogens is 462 g/mol. The highest BCUT2D eigenvalue weighted by Crippen LogP contribution is 2.25. The van der Waals surface area contributed by atoms with Gasteiger partial charge in [-0.25, -0.2) is 13.8 Å². The molecule has 7 nitrogen and oxygen atoms in total. The molecule has 0 atom stereocenters. The van der Waals surface area contributed by atoms with Gasteiger partial charge in [0.15, 0.2) is 11.6 Å². The number of imidazole rings is 1. The first-order valence-corrected chi connectivity index (χ1v) is 11.6. The van der Waals surface area contributed by atoms with Gasteiger partial charge < -0.3 is 9.72 Å². The molecule has 2 aromatic heterocycles. The van der Waals surface area contributed by atoms with Gasteiger partial charge in [0, 0.05) is 5.56 Å². The van der Waals surface area contributed by atoms with Gasteiger partial charge in [0.05, 0.1) is 54.2 Å². The third-order valence-electron chi connectivity index (χ3n) is 5.69. The second-order valence-electron chi connectivity index (χ2n) is 9.63. The standard InChI is InChI=1S/C27H26F2N6O/c1-27(2,3)36-16-17-7-9-18(10-8-17)22-12-11-19(33-34-22)14-35-15-24-23(13-30-35)31-26(32-24)20-5-4-6-21(28)25(20)29/h4-13H,14-16H2,1-3H3,(H,31,32). The maximum absolute atomic E-state index is 14.2. The lowest BCUT2D eigenvalue weighted by Gasteiger charge is -2.20. The van der Waals surface area contributed by atoms with Crippen LogP contribution in [0.15, 0.2) is 59.7 Å². The zero-order valence-electron chi connectivity index (χ0n) is 20.3. The molecule has 1 N–H and O–H groups in total. The molecule has 0 spiro atoms. The van der Waals surface area contributed by atoms with Crippen molar-refractivity contribution in [1.82, 2.24) is 25.2 Å². The summed E-state index contributed by atoms with van der Waals surface area (Å²) in [4.78, 5) is 7.46. The van der Waals surface area contributed by atoms with Crippen LogP contribution in [0.4, 0.5) is 8.78 Å². The average molecular weight is 489 g/mol. The molecule has 1 aliphatic rings. The molecule has 2 aromatic carbocycles. The van der Waals surface area contributed by atoms with Gasteiger partial charge in [0.1, 0.15) is 11.5 Å². The number of hydrogen-bond acceptors (Lipinski definition) is 6. The third kappa shape index (κ3) is 5.31. The Labute approximate surface area is 207 Å². The Morgan fingerprint density at radius 2 is 1.81 bits per heavy atom. The second-order valence-corrected chi connectivity index (χ2v) is 9.63. The fraction of sp³-hybridized carbons (Fsp3) is 0.259. The molecule has 0 saturated carbocycles. The number of fused-ring (bicyclic) bond motifs is 1. The minimum absolute atomic E-state index is 0.0839. The number of aromatic nitrogens is 4. The topological polar surface area (TPSA) is 79.3 Å². The van der Waals surface area contributed by atoms with Gasteiger partial charge in [-0.1, -0.05) is 30.3 Å². The first-order valence-electron chi connectivity index (χ1n) is 11.6. The first kappa shape index (κ1) is 23.7. The van der Waals surface area contributed by atoms with Crippen molar-refractivity contribution in [2.24, 2.45) is 5.10 Å². The molecule has 1 aliphatic heterocycles. The van der Waals surface area contributed by atoms with Gasteiger partial charge in [-0.2, -0.15) is 15.3 Å². The van der Waals surface area contributed by atoms with Crippen molar-refractivity contribution in [2.45, 2.75) is 46.1 Å². The predicted octanol–water partition coefficient (Wildman–Crippen LogP) is 5.48. The van der Waals surface area contributed by atoms with Crippen LogP contribution in [0.5, 0.6) is 0 Å². The molecule has 3 heterocycles. The van der Waals surface area contributed by atoms with Crippen molar-refractivity contribution < 1.29 is 13.5 Å². The molecular formula is C27H26F2N6O. The molecule has 5 rings (SSSR count). The number of nitrogens with zero attached hydrogens (tertiary/aromatic N) is 5. The first-order chi connectivity index (χ1) is 17.2. The molecule has 0 saturated heterocycles. The van der Waals surface area contributed by atoms with E-state index in [9.17, 15) is 8.78 Å². The molecule has 4 aromatic rings. The number of rotatable bonds is 6. The Morgan fingerprint density at radius 1 is 1.00 bits per heavy atom. The number of H-pyrrole nitrogens is 1. The SMILES string of the molecule is CC(C)(C)OCc1ccc(-c2ccc(CN3Cc4[nH]c(-c5cccc(F)c5F)nc4C=N3)nn2)cc1. The van der Waals surface area contributed by atoms with E-state index in [2.05, 4.69) is 25.3 Å². The third-order valence-corrected chi connectivity index (χ3v) is 5.69. The van der Waals surface area contributed by atoms with Crippen LogP contribution in [0.25, 0.3) is 22.6 Å². The smallest absolute Gasteiger partial charge is 0.169 e. The largest absolute Gasteiger partial charge is 0.371 e. The summed E-state index contributed by atoms with van der Waals surface area (Å²) in [6.45, 7) is 7.53. The Hall–Kier alpha value is -3.98. The molecule has 0 fully saturated rings. The fourth-order valence-corrected chi connectivity index (χ4v) is 3.78. The van der Waals surface area contributed by atoms with Crippen LogP contribution in [0, 0.1) is 11.6 Å². The lowest BCUT2D eigenvalue weighted by atomic mass is 10.1. The summed E-state index contributed by atoms with van der Waals surface area (Å²) < 4.78 is 33.6. The number of hydrazone groups is 1. The van der Waals surface area contributed by atoms with Crippen LogP contribution in [0.3, 0.4) is 0 Å². The van der Waals surface area contributed by atoms with Crippen LogP contribution in [-0.2, 0) is 24.4 Å². The minimum atomic E-state index is -0.930. The number of halogens is 2. The average Bonchev–Trinajstić information content (AvgIpc) is 3.28. The Kier molecular flexibility index (Phi) is 6.32. The number of ether oxygens (including phenoxy) is 1. The van der Waals surface area contributed by atoms with Crippen LogP contribution in [0.1, 0.15) is 43.4 Å². The van der Waals surface area contributed by atoms with Crippen molar-refractivity contribution in [3.63, 3.8) is 0 Å². The van der Waals surface area contributed by atoms with Gasteiger partial charge >= 0.3 is 0 Å². The molecule has 0 amide bonds. The van der Waals surface area contributed by atoms with Crippen molar-refractivity contribution in [3.05, 3.63) is 88.9 Å². The van der Waals surface area contributed by atoms with E-state index in [0.29, 0.717) is 25.4 Å². The Bertz CT molecular complexity index is 1390. The molecule has 0 unspecified atom stereocenters. The van der Waals surface area contributed by atoms with E-state index in [0.717, 1.165) is 34.3 Å². The van der Waals surface area contributed by atoms with E-state index < -0.39 is 11.6 Å². The summed E-state index contributed by atoms with van der Waals surface area (Å²) in [6, 6.07) is 16.0. The zero-order chi connectivity index (χ0) is 25.3. The van der Waals surface area contributed by atoms with E-state index in [1.165, 1.54) is 12.1 Å². The van der Waals surface area contributed by atoms with Gasteiger partial charge in [-0.15, -0.1) is 0 Å². The fourth-order valence-electron chi connectivity index (χ4n) is 3.78. The molecule has 36 heavy (non-hydrogen) atoms. The van der Waals surface area contributed by atoms with Crippen LogP contribution in [0.2, 0.25) is 0 Å². The van der Waals surface area contributed by atoms with Gasteiger partial charge in [-0.3, -0.25) is 5.01 Å². The molecule has 184 valence electrons. The Balaban J connectivity index is 1.23. The van der Waals surface area contributed by atoms with E-state index in [-0.39, 0.29) is 17.0 Å². The molecule has 0 bridgehead atoms. The van der Waals surface area contributed by atoms with E-state index in [1.54, 1.807) is 11.2 Å². The van der Waals surface area contributed by atoms with Crippen LogP contribution in [-0.4, -0.2) is 37.0 Å². The monoisotopic (exact) mass is 488 g/mol. The molecule has 0 radical (unpaired) electrons. The van der Waals surface area contributed by atoms with Crippen LogP contribution < -0.4 is 0 Å². The van der Waals surface area contributed by atoms with Crippen molar-refractivity contribution >= 4 is 6.21 Å². The van der Waals surface area contributed by atoms with Crippen molar-refractivity contribution in [2.75, 3.05) is 0 Å². The summed E-state index contributed by atoms with van der Waals surface area (Å²) >= 11 is 0. The minimum Gasteiger partial charge on any atom is -0.371 e. The summed E-state index contributed by atoms with van der Waals surface area (Å²) in [6.07, 6.45) is 1.60. The maximum Gasteiger partial charge on any atom is 0.169 e. The van der Waals surface area contributed by atoms with E-state index >= 15 is 0 Å². The number of nitrogens with one attached hydrogen (secondary N) is 1. The number of aromatic amines is 1. The van der Waals surface area contributed by atoms with Gasteiger partial charge in [0.25, 0.3) is 0 Å². The lowest BCUT2D eigenvalue weighted by Crippen LogP contribution is -2.22. The molecule has 9 heteroatoms. The highest BCUT2D eigenvalue weighted by molar-refractivity contribution is 5.80. The normalized spacial score (nSPS) is 13.2. The number of hydrogen-bond donors (Lipinski definition) is 1. The maximum atomic E-state index is 14.2. The van der Waals surface area contributed by atoms with Crippen molar-refractivity contribution in [1.29, 1.82) is 0 Å². The second kappa shape index (κ2) is 9.58. The lowest BCUT2D eigenvalue weighted by molar-refractivity contribution is -0.0149. The highest BCUT2D eigenvalue weighted by atomic mass is 19.2. The van der Waals surface area contributed by atoms with Gasteiger partial charge in [-0.05, 0) is 50.6 Å².